The molecule has 6 aromatic heterocycles. The second-order valence-corrected chi connectivity index (χ2v) is 16.6. The Bertz CT molecular complexity index is 1860. The molecular formula is C52H80Br2N12O8. The van der Waals surface area contributed by atoms with Crippen LogP contribution in [0.1, 0.15) is 105 Å². The lowest BCUT2D eigenvalue weighted by atomic mass is 10.2. The summed E-state index contributed by atoms with van der Waals surface area (Å²) >= 11 is 0. The summed E-state index contributed by atoms with van der Waals surface area (Å²) in [6.45, 7) is 24.7. The first-order valence-electron chi connectivity index (χ1n) is 24.0. The van der Waals surface area contributed by atoms with Crippen LogP contribution in [-0.4, -0.2) is 53.8 Å². The van der Waals surface area contributed by atoms with E-state index in [1.54, 1.807) is 0 Å². The fraction of sp³-hybridized carbons (Fsp3) is 0.423. The van der Waals surface area contributed by atoms with Crippen molar-refractivity contribution in [3.8, 4) is 0 Å². The normalized spacial score (nSPS) is 9.41. The molecule has 0 aromatic carbocycles. The maximum absolute atomic E-state index is 9.49. The van der Waals surface area contributed by atoms with E-state index in [0.29, 0.717) is 0 Å². The number of carboxylic acids is 4. The van der Waals surface area contributed by atoms with Gasteiger partial charge in [0.05, 0.1) is 63.1 Å². The number of nitrogens with one attached hydrogen (secondary N) is 6. The molecular weight excluding hydrogens is 1080 g/mol. The van der Waals surface area contributed by atoms with E-state index in [-0.39, 0.29) is 56.3 Å². The van der Waals surface area contributed by atoms with E-state index in [1.807, 2.05) is 75.1 Å². The maximum Gasteiger partial charge on any atom is 0.241 e. The quantitative estimate of drug-likeness (QED) is 0.0183. The van der Waals surface area contributed by atoms with Crippen LogP contribution in [0, 0.1) is 0 Å². The van der Waals surface area contributed by atoms with Gasteiger partial charge in [0, 0.05) is 0 Å². The lowest BCUT2D eigenvalue weighted by Gasteiger charge is -1.98. The first-order valence-corrected chi connectivity index (χ1v) is 24.0. The molecule has 74 heavy (non-hydrogen) atoms. The summed E-state index contributed by atoms with van der Waals surface area (Å²) in [4.78, 5) is 56.3. The minimum atomic E-state index is -1.19. The standard InChI is InChI=1S/3C12H18N4.4C4H6O2.2BrH/c3*1(3-7-15-9-5-13-11-15)2-4-8-16-10-6-14-12-16;4*1-3(2)4(5)6;;/h3*5-6,9-12H,1-4,7-8H2;4*1H2,2H3,(H,5,6);2*1H. The van der Waals surface area contributed by atoms with Gasteiger partial charge < -0.3 is 73.6 Å². The number of H-pyrrole nitrogens is 6. The summed E-state index contributed by atoms with van der Waals surface area (Å²) in [6.07, 6.45) is 51.7. The van der Waals surface area contributed by atoms with Gasteiger partial charge in [0.2, 0.25) is 38.0 Å². The summed E-state index contributed by atoms with van der Waals surface area (Å²) < 4.78 is 13.2. The predicted molar refractivity (Wildman–Crippen MR) is 261 cm³/mol. The van der Waals surface area contributed by atoms with Gasteiger partial charge >= 0.3 is 0 Å². The number of aryl methyl sites for hydroxylation is 6. The van der Waals surface area contributed by atoms with E-state index in [2.05, 4.69) is 121 Å². The number of halogens is 2. The van der Waals surface area contributed by atoms with Crippen LogP contribution in [0.3, 0.4) is 0 Å². The molecule has 0 aliphatic rings. The highest BCUT2D eigenvalue weighted by atomic mass is 79.9. The number of nitrogens with zero attached hydrogens (tertiary/aromatic N) is 6. The van der Waals surface area contributed by atoms with Crippen molar-refractivity contribution in [1.82, 2.24) is 29.9 Å². The van der Waals surface area contributed by atoms with Gasteiger partial charge in [0.25, 0.3) is 0 Å². The largest absolute Gasteiger partial charge is 1.00 e. The van der Waals surface area contributed by atoms with E-state index in [0.717, 1.165) is 39.3 Å². The van der Waals surface area contributed by atoms with Crippen LogP contribution in [0.25, 0.3) is 0 Å². The Balaban J connectivity index is -0.000000833. The summed E-state index contributed by atoms with van der Waals surface area (Å²) in [6, 6.07) is 0. The van der Waals surface area contributed by atoms with Crippen molar-refractivity contribution >= 4 is 23.9 Å². The molecule has 20 nitrogen and oxygen atoms in total. The SMILES string of the molecule is C=C(C)C(=O)[O-].C=C(C)C(=O)[O-].C=C(C)C(=O)[O-].C=C(C)C(=O)[O-].[Br-].[Br-].c1c[n+](CCCCCC[n+]2cc[nH]c2)c[nH]1.c1c[n+](CCCCCC[n+]2cc[nH]c2)c[nH]1.c1c[n+](CCCCCC[n+]2cc[nH]c2)c[nH]1. The molecule has 0 aliphatic carbocycles. The van der Waals surface area contributed by atoms with Gasteiger partial charge in [-0.2, -0.15) is 0 Å². The van der Waals surface area contributed by atoms with Gasteiger partial charge in [-0.15, -0.1) is 0 Å². The number of imidazole rings is 6. The van der Waals surface area contributed by atoms with Crippen molar-refractivity contribution in [3.05, 3.63) is 161 Å². The molecule has 410 valence electrons. The predicted octanol–water partition coefficient (Wildman–Crippen LogP) is -5.21. The van der Waals surface area contributed by atoms with Crippen LogP contribution in [0.15, 0.2) is 161 Å². The number of aliphatic carboxylic acids is 4. The molecule has 0 bridgehead atoms. The maximum atomic E-state index is 9.49. The van der Waals surface area contributed by atoms with E-state index in [9.17, 15) is 39.6 Å². The monoisotopic (exact) mass is 1160 g/mol. The number of hydrogen-bond acceptors (Lipinski definition) is 8. The van der Waals surface area contributed by atoms with Crippen molar-refractivity contribution in [2.75, 3.05) is 0 Å². The number of carboxylic acid groups (broad SMARTS) is 4. The Kier molecular flexibility index (Phi) is 45.4. The summed E-state index contributed by atoms with van der Waals surface area (Å²) in [5.74, 6) is -4.74. The Labute approximate surface area is 457 Å². The van der Waals surface area contributed by atoms with Gasteiger partial charge in [0.15, 0.2) is 0 Å². The van der Waals surface area contributed by atoms with Crippen LogP contribution in [0.4, 0.5) is 0 Å². The van der Waals surface area contributed by atoms with Crippen molar-refractivity contribution < 1.29 is 101 Å². The smallest absolute Gasteiger partial charge is 0.241 e. The Morgan fingerprint density at radius 3 is 0.514 bits per heavy atom. The number of hydrogen-bond donors (Lipinski definition) is 6. The molecule has 6 heterocycles. The van der Waals surface area contributed by atoms with Gasteiger partial charge in [-0.1, -0.05) is 26.3 Å². The first kappa shape index (κ1) is 71.3. The molecule has 6 aromatic rings. The Morgan fingerprint density at radius 1 is 0.311 bits per heavy atom. The number of aromatic nitrogens is 12. The highest BCUT2D eigenvalue weighted by Gasteiger charge is 2.02. The molecule has 0 spiro atoms. The average molecular weight is 1160 g/mol. The molecule has 0 fully saturated rings. The van der Waals surface area contributed by atoms with Crippen LogP contribution in [-0.2, 0) is 58.4 Å². The third-order valence-corrected chi connectivity index (χ3v) is 9.76. The Hall–Kier alpha value is -6.94. The molecule has 0 radical (unpaired) electrons. The average Bonchev–Trinajstić information content (AvgIpc) is 4.21. The minimum Gasteiger partial charge on any atom is -1.00 e. The molecule has 0 saturated carbocycles. The van der Waals surface area contributed by atoms with Crippen molar-refractivity contribution in [2.24, 2.45) is 0 Å². The lowest BCUT2D eigenvalue weighted by molar-refractivity contribution is -0.697. The van der Waals surface area contributed by atoms with Gasteiger partial charge in [-0.05, 0) is 127 Å². The zero-order valence-electron chi connectivity index (χ0n) is 43.7. The highest BCUT2D eigenvalue weighted by Crippen LogP contribution is 2.01. The second-order valence-electron chi connectivity index (χ2n) is 16.6. The molecule has 0 saturated heterocycles. The molecule has 6 N–H and O–H groups in total. The van der Waals surface area contributed by atoms with Gasteiger partial charge in [0.1, 0.15) is 74.4 Å². The molecule has 22 heteroatoms. The minimum absolute atomic E-state index is 0. The summed E-state index contributed by atoms with van der Waals surface area (Å²) in [5.41, 5.74) is 0.259. The zero-order valence-corrected chi connectivity index (χ0v) is 46.8. The molecule has 0 unspecified atom stereocenters. The molecule has 0 atom stereocenters. The third-order valence-electron chi connectivity index (χ3n) is 9.76. The van der Waals surface area contributed by atoms with Gasteiger partial charge in [-0.3, -0.25) is 29.9 Å². The number of carbonyl (C=O) groups excluding carboxylic acids is 4. The highest BCUT2D eigenvalue weighted by molar-refractivity contribution is 5.83. The van der Waals surface area contributed by atoms with E-state index in [4.69, 9.17) is 0 Å². The lowest BCUT2D eigenvalue weighted by Crippen LogP contribution is -3.00. The summed E-state index contributed by atoms with van der Waals surface area (Å²) in [5, 5.41) is 38.0. The van der Waals surface area contributed by atoms with E-state index < -0.39 is 23.9 Å². The van der Waals surface area contributed by atoms with Crippen LogP contribution >= 0.6 is 0 Å². The summed E-state index contributed by atoms with van der Waals surface area (Å²) in [7, 11) is 0. The third kappa shape index (κ3) is 43.8. The molecule has 0 aliphatic heterocycles. The fourth-order valence-corrected chi connectivity index (χ4v) is 5.58. The number of carbonyl (C=O) groups is 4. The molecule has 0 amide bonds. The van der Waals surface area contributed by atoms with Crippen LogP contribution in [0.5, 0.6) is 0 Å². The molecule has 6 rings (SSSR count). The second kappa shape index (κ2) is 47.1. The number of unbranched alkanes of at least 4 members (excludes halogenated alkanes) is 9. The van der Waals surface area contributed by atoms with Gasteiger partial charge in [-0.25, -0.2) is 27.4 Å². The fourth-order valence-electron chi connectivity index (χ4n) is 5.58. The van der Waals surface area contributed by atoms with Crippen LogP contribution in [0.2, 0.25) is 0 Å². The topological polar surface area (TPSA) is 279 Å². The van der Waals surface area contributed by atoms with Crippen molar-refractivity contribution in [3.63, 3.8) is 0 Å². The van der Waals surface area contributed by atoms with E-state index >= 15 is 0 Å². The van der Waals surface area contributed by atoms with Crippen molar-refractivity contribution in [1.29, 1.82) is 0 Å². The zero-order chi connectivity index (χ0) is 53.8. The first-order chi connectivity index (χ1) is 34.4. The Morgan fingerprint density at radius 2 is 0.432 bits per heavy atom. The number of rotatable bonds is 25. The van der Waals surface area contributed by atoms with Crippen LogP contribution < -0.4 is 81.8 Å². The van der Waals surface area contributed by atoms with Crippen molar-refractivity contribution in [2.45, 2.75) is 144 Å². The van der Waals surface area contributed by atoms with E-state index in [1.165, 1.54) is 105 Å². The number of aromatic amines is 6.